The van der Waals surface area contributed by atoms with E-state index in [0.717, 1.165) is 11.1 Å². The molecule has 3 rings (SSSR count). The summed E-state index contributed by atoms with van der Waals surface area (Å²) in [7, 11) is 0. The quantitative estimate of drug-likeness (QED) is 0.738. The number of halogens is 4. The zero-order chi connectivity index (χ0) is 21.3. The SMILES string of the molecule is Cc1ccc(C)c(OCn2ccc(C(=O)N3N=C(C(F)F)C[C@@]3(O)C(F)F)n2)c1. The van der Waals surface area contributed by atoms with Crippen LogP contribution in [-0.2, 0) is 6.73 Å². The van der Waals surface area contributed by atoms with Gasteiger partial charge in [0.25, 0.3) is 18.8 Å². The third kappa shape index (κ3) is 4.09. The number of carbonyl (C=O) groups excluding carboxylic acids is 1. The molecule has 0 fully saturated rings. The molecule has 1 aliphatic heterocycles. The van der Waals surface area contributed by atoms with Gasteiger partial charge in [0.2, 0.25) is 5.72 Å². The van der Waals surface area contributed by atoms with E-state index >= 15 is 0 Å². The van der Waals surface area contributed by atoms with Crippen LogP contribution in [0.2, 0.25) is 0 Å². The lowest BCUT2D eigenvalue weighted by molar-refractivity contribution is -0.164. The molecule has 1 N–H and O–H groups in total. The van der Waals surface area contributed by atoms with E-state index < -0.39 is 36.6 Å². The number of aromatic nitrogens is 2. The Kier molecular flexibility index (Phi) is 5.60. The molecule has 0 spiro atoms. The smallest absolute Gasteiger partial charge is 0.297 e. The maximum Gasteiger partial charge on any atom is 0.297 e. The van der Waals surface area contributed by atoms with Crippen molar-refractivity contribution in [1.29, 1.82) is 0 Å². The van der Waals surface area contributed by atoms with Gasteiger partial charge in [0.05, 0.1) is 0 Å². The molecule has 0 radical (unpaired) electrons. The summed E-state index contributed by atoms with van der Waals surface area (Å²) in [5.41, 5.74) is -2.64. The molecule has 0 saturated heterocycles. The molecule has 0 unspecified atom stereocenters. The van der Waals surface area contributed by atoms with E-state index in [1.54, 1.807) is 0 Å². The fourth-order valence-corrected chi connectivity index (χ4v) is 2.76. The normalized spacial score (nSPS) is 19.2. The van der Waals surface area contributed by atoms with E-state index in [4.69, 9.17) is 4.74 Å². The van der Waals surface area contributed by atoms with Crippen molar-refractivity contribution in [3.8, 4) is 5.75 Å². The van der Waals surface area contributed by atoms with Crippen LogP contribution in [0.25, 0.3) is 0 Å². The minimum absolute atomic E-state index is 0.0304. The van der Waals surface area contributed by atoms with Gasteiger partial charge in [-0.05, 0) is 37.1 Å². The number of hydrogen-bond acceptors (Lipinski definition) is 5. The first kappa shape index (κ1) is 20.8. The number of nitrogens with zero attached hydrogens (tertiary/aromatic N) is 4. The molecular formula is C18H18F4N4O3. The lowest BCUT2D eigenvalue weighted by Crippen LogP contribution is -2.51. The van der Waals surface area contributed by atoms with Crippen LogP contribution in [0.15, 0.2) is 35.6 Å². The molecule has 0 aliphatic carbocycles. The minimum Gasteiger partial charge on any atom is -0.471 e. The van der Waals surface area contributed by atoms with Crippen molar-refractivity contribution >= 4 is 11.6 Å². The third-order valence-corrected chi connectivity index (χ3v) is 4.39. The molecule has 11 heteroatoms. The van der Waals surface area contributed by atoms with Gasteiger partial charge in [-0.25, -0.2) is 22.2 Å². The highest BCUT2D eigenvalue weighted by atomic mass is 19.3. The van der Waals surface area contributed by atoms with Gasteiger partial charge in [-0.3, -0.25) is 4.79 Å². The van der Waals surface area contributed by atoms with Crippen molar-refractivity contribution in [3.63, 3.8) is 0 Å². The van der Waals surface area contributed by atoms with Gasteiger partial charge >= 0.3 is 0 Å². The average Bonchev–Trinajstić information content (AvgIpc) is 3.27. The van der Waals surface area contributed by atoms with Crippen molar-refractivity contribution in [2.75, 3.05) is 0 Å². The van der Waals surface area contributed by atoms with Crippen molar-refractivity contribution < 1.29 is 32.2 Å². The first-order valence-electron chi connectivity index (χ1n) is 8.56. The van der Waals surface area contributed by atoms with E-state index in [2.05, 4.69) is 10.2 Å². The molecule has 1 aliphatic rings. The molecule has 0 bridgehead atoms. The molecular weight excluding hydrogens is 396 g/mol. The number of aryl methyl sites for hydroxylation is 2. The molecule has 0 saturated carbocycles. The lowest BCUT2D eigenvalue weighted by Gasteiger charge is -2.29. The maximum absolute atomic E-state index is 13.3. The number of rotatable bonds is 6. The second kappa shape index (κ2) is 7.82. The fourth-order valence-electron chi connectivity index (χ4n) is 2.76. The summed E-state index contributed by atoms with van der Waals surface area (Å²) in [5, 5.41) is 17.1. The highest BCUT2D eigenvalue weighted by Gasteiger charge is 2.53. The molecule has 1 aromatic carbocycles. The maximum atomic E-state index is 13.3. The lowest BCUT2D eigenvalue weighted by atomic mass is 10.1. The zero-order valence-corrected chi connectivity index (χ0v) is 15.5. The first-order valence-corrected chi connectivity index (χ1v) is 8.56. The Balaban J connectivity index is 1.76. The highest BCUT2D eigenvalue weighted by Crippen LogP contribution is 2.34. The van der Waals surface area contributed by atoms with E-state index in [-0.39, 0.29) is 17.4 Å². The van der Waals surface area contributed by atoms with Crippen molar-refractivity contribution in [3.05, 3.63) is 47.3 Å². The third-order valence-electron chi connectivity index (χ3n) is 4.39. The highest BCUT2D eigenvalue weighted by molar-refractivity contribution is 5.97. The molecule has 7 nitrogen and oxygen atoms in total. The van der Waals surface area contributed by atoms with Gasteiger partial charge in [0.15, 0.2) is 12.4 Å². The fraction of sp³-hybridized carbons (Fsp3) is 0.389. The Labute approximate surface area is 163 Å². The number of alkyl halides is 4. The molecule has 156 valence electrons. The van der Waals surface area contributed by atoms with E-state index in [1.807, 2.05) is 32.0 Å². The van der Waals surface area contributed by atoms with Crippen LogP contribution in [0.1, 0.15) is 28.0 Å². The van der Waals surface area contributed by atoms with E-state index in [1.165, 1.54) is 16.9 Å². The predicted molar refractivity (Wildman–Crippen MR) is 94.0 cm³/mol. The predicted octanol–water partition coefficient (Wildman–Crippen LogP) is 2.96. The van der Waals surface area contributed by atoms with Gasteiger partial charge in [-0.15, -0.1) is 0 Å². The molecule has 2 heterocycles. The van der Waals surface area contributed by atoms with Crippen molar-refractivity contribution in [2.24, 2.45) is 5.10 Å². The summed E-state index contributed by atoms with van der Waals surface area (Å²) >= 11 is 0. The van der Waals surface area contributed by atoms with Gasteiger partial charge in [0.1, 0.15) is 11.5 Å². The molecule has 29 heavy (non-hydrogen) atoms. The molecule has 1 amide bonds. The summed E-state index contributed by atoms with van der Waals surface area (Å²) in [4.78, 5) is 12.5. The van der Waals surface area contributed by atoms with Crippen LogP contribution in [0.3, 0.4) is 0 Å². The first-order chi connectivity index (χ1) is 13.6. The number of hydrazone groups is 1. The number of hydrogen-bond donors (Lipinski definition) is 1. The Hall–Kier alpha value is -2.95. The monoisotopic (exact) mass is 414 g/mol. The number of carbonyl (C=O) groups is 1. The second-order valence-electron chi connectivity index (χ2n) is 6.65. The van der Waals surface area contributed by atoms with Gasteiger partial charge in [0, 0.05) is 12.6 Å². The number of benzene rings is 1. The average molecular weight is 414 g/mol. The largest absolute Gasteiger partial charge is 0.471 e. The Morgan fingerprint density at radius 2 is 2.00 bits per heavy atom. The van der Waals surface area contributed by atoms with Gasteiger partial charge in [-0.2, -0.15) is 15.2 Å². The summed E-state index contributed by atoms with van der Waals surface area (Å²) in [6.07, 6.45) is -6.47. The standard InChI is InChI=1S/C18H18F4N4O3/c1-10-3-4-11(2)14(7-10)29-9-25-6-5-12(23-25)16(27)26-18(28,17(21)22)8-13(24-26)15(19)20/h3-7,15,17,28H,8-9H2,1-2H3/t18-/m1/s1. The second-order valence-corrected chi connectivity index (χ2v) is 6.65. The van der Waals surface area contributed by atoms with Crippen LogP contribution in [0.4, 0.5) is 17.6 Å². The van der Waals surface area contributed by atoms with Crippen molar-refractivity contribution in [2.45, 2.75) is 45.6 Å². The minimum atomic E-state index is -3.50. The Bertz CT molecular complexity index is 947. The van der Waals surface area contributed by atoms with Crippen LogP contribution in [-0.4, -0.2) is 50.1 Å². The van der Waals surface area contributed by atoms with Crippen LogP contribution in [0, 0.1) is 13.8 Å². The van der Waals surface area contributed by atoms with Crippen molar-refractivity contribution in [1.82, 2.24) is 14.8 Å². The molecule has 2 aromatic rings. The molecule has 1 atom stereocenters. The van der Waals surface area contributed by atoms with E-state index in [9.17, 15) is 27.5 Å². The molecule has 1 aromatic heterocycles. The van der Waals surface area contributed by atoms with E-state index in [0.29, 0.717) is 5.75 Å². The summed E-state index contributed by atoms with van der Waals surface area (Å²) in [6.45, 7) is 3.66. The number of amides is 1. The summed E-state index contributed by atoms with van der Waals surface area (Å²) < 4.78 is 59.1. The number of ether oxygens (including phenoxy) is 1. The van der Waals surface area contributed by atoms with Crippen LogP contribution < -0.4 is 4.74 Å². The number of aliphatic hydroxyl groups is 1. The van der Waals surface area contributed by atoms with Gasteiger partial charge in [-0.1, -0.05) is 12.1 Å². The topological polar surface area (TPSA) is 80.0 Å². The summed E-state index contributed by atoms with van der Waals surface area (Å²) in [5.74, 6) is -0.625. The zero-order valence-electron chi connectivity index (χ0n) is 15.5. The Morgan fingerprint density at radius 1 is 1.28 bits per heavy atom. The van der Waals surface area contributed by atoms with Gasteiger partial charge < -0.3 is 9.84 Å². The van der Waals surface area contributed by atoms with Crippen LogP contribution in [0.5, 0.6) is 5.75 Å². The Morgan fingerprint density at radius 3 is 2.66 bits per heavy atom. The summed E-state index contributed by atoms with van der Waals surface area (Å²) in [6, 6.07) is 6.80. The van der Waals surface area contributed by atoms with Crippen LogP contribution >= 0.6 is 0 Å².